The zero-order valence-electron chi connectivity index (χ0n) is 10.2. The van der Waals surface area contributed by atoms with Gasteiger partial charge in [-0.05, 0) is 25.7 Å². The Balaban J connectivity index is 1.75. The lowest BCUT2D eigenvalue weighted by molar-refractivity contribution is -0.145. The van der Waals surface area contributed by atoms with Crippen molar-refractivity contribution in [3.63, 3.8) is 0 Å². The van der Waals surface area contributed by atoms with E-state index in [0.717, 1.165) is 51.8 Å². The van der Waals surface area contributed by atoms with Gasteiger partial charge in [0.15, 0.2) is 6.29 Å². The van der Waals surface area contributed by atoms with Gasteiger partial charge in [0.25, 0.3) is 0 Å². The smallest absolute Gasteiger partial charge is 0.171 e. The molecule has 0 saturated carbocycles. The monoisotopic (exact) mass is 251 g/mol. The van der Waals surface area contributed by atoms with Crippen LogP contribution in [0.25, 0.3) is 0 Å². The standard InChI is InChI=1S/C12H17N3O3/c16-9-10-8-15(14-13-10)11-1-4-18-12(7-11)2-5-17-6-3-12/h8-9,11H,1-7H2. The third-order valence-corrected chi connectivity index (χ3v) is 3.89. The SMILES string of the molecule is O=Cc1cn(C2CCOC3(CCOCC3)C2)nn1. The van der Waals surface area contributed by atoms with E-state index in [4.69, 9.17) is 9.47 Å². The van der Waals surface area contributed by atoms with Crippen molar-refractivity contribution in [2.45, 2.75) is 37.3 Å². The second kappa shape index (κ2) is 4.78. The highest BCUT2D eigenvalue weighted by molar-refractivity contribution is 5.70. The first kappa shape index (κ1) is 11.8. The van der Waals surface area contributed by atoms with Gasteiger partial charge in [0.1, 0.15) is 5.69 Å². The molecule has 2 aliphatic rings. The lowest BCUT2D eigenvalue weighted by atomic mass is 9.84. The maximum absolute atomic E-state index is 10.6. The Bertz CT molecular complexity index is 420. The number of aldehydes is 1. The molecule has 6 nitrogen and oxygen atoms in total. The molecule has 1 aromatic heterocycles. The summed E-state index contributed by atoms with van der Waals surface area (Å²) in [6.45, 7) is 2.27. The van der Waals surface area contributed by atoms with Crippen LogP contribution in [0, 0.1) is 0 Å². The first-order valence-corrected chi connectivity index (χ1v) is 6.40. The number of carbonyl (C=O) groups is 1. The molecule has 1 spiro atoms. The molecule has 0 radical (unpaired) electrons. The molecule has 1 unspecified atom stereocenters. The number of ether oxygens (including phenoxy) is 2. The number of hydrogen-bond donors (Lipinski definition) is 0. The van der Waals surface area contributed by atoms with Crippen molar-refractivity contribution in [1.29, 1.82) is 0 Å². The molecule has 6 heteroatoms. The molecule has 18 heavy (non-hydrogen) atoms. The average molecular weight is 251 g/mol. The minimum atomic E-state index is -0.0611. The summed E-state index contributed by atoms with van der Waals surface area (Å²) in [6.07, 6.45) is 6.18. The van der Waals surface area contributed by atoms with Crippen LogP contribution in [0.3, 0.4) is 0 Å². The molecule has 0 N–H and O–H groups in total. The van der Waals surface area contributed by atoms with Crippen molar-refractivity contribution in [2.24, 2.45) is 0 Å². The van der Waals surface area contributed by atoms with E-state index in [1.807, 2.05) is 4.68 Å². The largest absolute Gasteiger partial charge is 0.381 e. The van der Waals surface area contributed by atoms with E-state index < -0.39 is 0 Å². The van der Waals surface area contributed by atoms with Gasteiger partial charge >= 0.3 is 0 Å². The van der Waals surface area contributed by atoms with Gasteiger partial charge in [-0.25, -0.2) is 4.68 Å². The lowest BCUT2D eigenvalue weighted by Gasteiger charge is -2.43. The second-order valence-electron chi connectivity index (χ2n) is 5.03. The summed E-state index contributed by atoms with van der Waals surface area (Å²) >= 11 is 0. The molecule has 0 bridgehead atoms. The van der Waals surface area contributed by atoms with Crippen molar-refractivity contribution in [3.05, 3.63) is 11.9 Å². The van der Waals surface area contributed by atoms with Crippen LogP contribution in [0.5, 0.6) is 0 Å². The normalized spacial score (nSPS) is 27.2. The van der Waals surface area contributed by atoms with Crippen molar-refractivity contribution in [1.82, 2.24) is 15.0 Å². The summed E-state index contributed by atoms with van der Waals surface area (Å²) in [7, 11) is 0. The molecule has 2 aliphatic heterocycles. The zero-order valence-corrected chi connectivity index (χ0v) is 10.2. The molecule has 2 saturated heterocycles. The van der Waals surface area contributed by atoms with E-state index >= 15 is 0 Å². The van der Waals surface area contributed by atoms with Crippen LogP contribution < -0.4 is 0 Å². The predicted octanol–water partition coefficient (Wildman–Crippen LogP) is 0.991. The van der Waals surface area contributed by atoms with Gasteiger partial charge in [0, 0.05) is 19.8 Å². The van der Waals surface area contributed by atoms with Gasteiger partial charge in [-0.1, -0.05) is 5.21 Å². The van der Waals surface area contributed by atoms with Gasteiger partial charge in [-0.15, -0.1) is 5.10 Å². The van der Waals surface area contributed by atoms with E-state index in [0.29, 0.717) is 5.69 Å². The average Bonchev–Trinajstić information content (AvgIpc) is 2.88. The van der Waals surface area contributed by atoms with Gasteiger partial charge in [0.05, 0.1) is 17.8 Å². The van der Waals surface area contributed by atoms with Gasteiger partial charge in [-0.3, -0.25) is 4.79 Å². The topological polar surface area (TPSA) is 66.2 Å². The highest BCUT2D eigenvalue weighted by atomic mass is 16.5. The van der Waals surface area contributed by atoms with Crippen molar-refractivity contribution in [3.8, 4) is 0 Å². The molecule has 1 aromatic rings. The highest BCUT2D eigenvalue weighted by Crippen LogP contribution is 2.38. The Kier molecular flexibility index (Phi) is 3.13. The highest BCUT2D eigenvalue weighted by Gasteiger charge is 2.39. The second-order valence-corrected chi connectivity index (χ2v) is 5.03. The number of carbonyl (C=O) groups excluding carboxylic acids is 1. The lowest BCUT2D eigenvalue weighted by Crippen LogP contribution is -2.44. The van der Waals surface area contributed by atoms with Crippen LogP contribution in [0.2, 0.25) is 0 Å². The van der Waals surface area contributed by atoms with E-state index in [2.05, 4.69) is 10.3 Å². The summed E-state index contributed by atoms with van der Waals surface area (Å²) in [5, 5.41) is 7.86. The van der Waals surface area contributed by atoms with E-state index in [1.165, 1.54) is 0 Å². The third kappa shape index (κ3) is 2.18. The maximum Gasteiger partial charge on any atom is 0.171 e. The minimum absolute atomic E-state index is 0.0611. The zero-order chi connectivity index (χ0) is 12.4. The molecular formula is C12H17N3O3. The molecule has 98 valence electrons. The van der Waals surface area contributed by atoms with E-state index in [1.54, 1.807) is 6.20 Å². The maximum atomic E-state index is 10.6. The molecule has 0 aromatic carbocycles. The number of rotatable bonds is 2. The third-order valence-electron chi connectivity index (χ3n) is 3.89. The Hall–Kier alpha value is -1.27. The number of nitrogens with zero attached hydrogens (tertiary/aromatic N) is 3. The predicted molar refractivity (Wildman–Crippen MR) is 62.4 cm³/mol. The molecule has 0 aliphatic carbocycles. The van der Waals surface area contributed by atoms with Crippen LogP contribution in [0.15, 0.2) is 6.20 Å². The fourth-order valence-electron chi connectivity index (χ4n) is 2.84. The summed E-state index contributed by atoms with van der Waals surface area (Å²) in [5.74, 6) is 0. The fraction of sp³-hybridized carbons (Fsp3) is 0.750. The minimum Gasteiger partial charge on any atom is -0.381 e. The summed E-state index contributed by atoms with van der Waals surface area (Å²) in [5.41, 5.74) is 0.330. The first-order valence-electron chi connectivity index (χ1n) is 6.40. The van der Waals surface area contributed by atoms with Gasteiger partial charge < -0.3 is 9.47 Å². The van der Waals surface area contributed by atoms with Gasteiger partial charge in [0.2, 0.25) is 0 Å². The summed E-state index contributed by atoms with van der Waals surface area (Å²) in [4.78, 5) is 10.6. The summed E-state index contributed by atoms with van der Waals surface area (Å²) in [6, 6.07) is 0.276. The molecular weight excluding hydrogens is 234 g/mol. The number of hydrogen-bond acceptors (Lipinski definition) is 5. The fourth-order valence-corrected chi connectivity index (χ4v) is 2.84. The Morgan fingerprint density at radius 3 is 2.94 bits per heavy atom. The molecule has 3 rings (SSSR count). The Labute approximate surface area is 105 Å². The van der Waals surface area contributed by atoms with Crippen LogP contribution in [0.1, 0.15) is 42.2 Å². The molecule has 2 fully saturated rings. The molecule has 3 heterocycles. The van der Waals surface area contributed by atoms with E-state index in [-0.39, 0.29) is 11.6 Å². The van der Waals surface area contributed by atoms with Crippen molar-refractivity contribution >= 4 is 6.29 Å². The molecule has 1 atom stereocenters. The van der Waals surface area contributed by atoms with Crippen molar-refractivity contribution < 1.29 is 14.3 Å². The van der Waals surface area contributed by atoms with Crippen LogP contribution in [-0.2, 0) is 9.47 Å². The quantitative estimate of drug-likeness (QED) is 0.733. The van der Waals surface area contributed by atoms with Crippen LogP contribution >= 0.6 is 0 Å². The van der Waals surface area contributed by atoms with Crippen LogP contribution in [-0.4, -0.2) is 46.7 Å². The van der Waals surface area contributed by atoms with E-state index in [9.17, 15) is 4.79 Å². The van der Waals surface area contributed by atoms with Crippen molar-refractivity contribution in [2.75, 3.05) is 19.8 Å². The van der Waals surface area contributed by atoms with Crippen LogP contribution in [0.4, 0.5) is 0 Å². The summed E-state index contributed by atoms with van der Waals surface area (Å²) < 4.78 is 13.2. The Morgan fingerprint density at radius 2 is 2.22 bits per heavy atom. The number of aromatic nitrogens is 3. The Morgan fingerprint density at radius 1 is 1.39 bits per heavy atom. The van der Waals surface area contributed by atoms with Gasteiger partial charge in [-0.2, -0.15) is 0 Å². The first-order chi connectivity index (χ1) is 8.81. The molecule has 0 amide bonds.